The van der Waals surface area contributed by atoms with Crippen molar-refractivity contribution in [3.8, 4) is 0 Å². The summed E-state index contributed by atoms with van der Waals surface area (Å²) >= 11 is 0. The van der Waals surface area contributed by atoms with Crippen molar-refractivity contribution in [3.05, 3.63) is 107 Å². The predicted molar refractivity (Wildman–Crippen MR) is 133 cm³/mol. The molecule has 170 valence electrons. The molecule has 0 aliphatic carbocycles. The van der Waals surface area contributed by atoms with Crippen LogP contribution in [-0.4, -0.2) is 16.5 Å². The molecule has 1 heterocycles. The van der Waals surface area contributed by atoms with Gasteiger partial charge in [0.1, 0.15) is 5.82 Å². The number of fused-ring (bicyclic) bond motifs is 1. The number of nitrogens with one attached hydrogen (secondary N) is 1. The van der Waals surface area contributed by atoms with Crippen molar-refractivity contribution in [2.45, 2.75) is 52.1 Å². The maximum Gasteiger partial charge on any atom is 0.221 e. The van der Waals surface area contributed by atoms with Gasteiger partial charge in [-0.2, -0.15) is 0 Å². The molecule has 4 heteroatoms. The molecule has 1 amide bonds. The lowest BCUT2D eigenvalue weighted by molar-refractivity contribution is -0.121. The lowest BCUT2D eigenvalue weighted by atomic mass is 9.87. The summed E-state index contributed by atoms with van der Waals surface area (Å²) in [7, 11) is 0. The Morgan fingerprint density at radius 2 is 1.79 bits per heavy atom. The van der Waals surface area contributed by atoms with Crippen molar-refractivity contribution in [2.75, 3.05) is 0 Å². The van der Waals surface area contributed by atoms with E-state index in [9.17, 15) is 9.18 Å². The Kier molecular flexibility index (Phi) is 6.93. The molecule has 3 aromatic carbocycles. The van der Waals surface area contributed by atoms with Crippen molar-refractivity contribution in [1.82, 2.24) is 9.88 Å². The Morgan fingerprint density at radius 3 is 2.52 bits per heavy atom. The van der Waals surface area contributed by atoms with Crippen molar-refractivity contribution in [2.24, 2.45) is 0 Å². The van der Waals surface area contributed by atoms with E-state index in [1.165, 1.54) is 17.7 Å². The highest BCUT2D eigenvalue weighted by molar-refractivity contribution is 5.87. The van der Waals surface area contributed by atoms with E-state index in [-0.39, 0.29) is 23.7 Å². The normalized spacial score (nSPS) is 13.1. The number of benzene rings is 3. The van der Waals surface area contributed by atoms with Gasteiger partial charge in [0.25, 0.3) is 0 Å². The van der Waals surface area contributed by atoms with Crippen molar-refractivity contribution in [1.29, 1.82) is 0 Å². The molecule has 1 N–H and O–H groups in total. The first kappa shape index (κ1) is 22.8. The number of para-hydroxylation sites is 1. The SMILES string of the molecule is CC[C@H](C)NC(=O)C[C@H](c1cccc(C)c1)c1cn(Cc2ccc(F)cc2)c2ccccc12. The van der Waals surface area contributed by atoms with E-state index in [1.54, 1.807) is 0 Å². The third kappa shape index (κ3) is 5.33. The third-order valence-corrected chi connectivity index (χ3v) is 6.31. The summed E-state index contributed by atoms with van der Waals surface area (Å²) in [6.07, 6.45) is 3.45. The third-order valence-electron chi connectivity index (χ3n) is 6.31. The molecule has 1 aromatic heterocycles. The zero-order valence-corrected chi connectivity index (χ0v) is 19.5. The topological polar surface area (TPSA) is 34.0 Å². The minimum Gasteiger partial charge on any atom is -0.354 e. The number of aromatic nitrogens is 1. The summed E-state index contributed by atoms with van der Waals surface area (Å²) < 4.78 is 15.6. The summed E-state index contributed by atoms with van der Waals surface area (Å²) in [4.78, 5) is 13.0. The second-order valence-corrected chi connectivity index (χ2v) is 8.90. The monoisotopic (exact) mass is 442 g/mol. The van der Waals surface area contributed by atoms with Gasteiger partial charge >= 0.3 is 0 Å². The van der Waals surface area contributed by atoms with Crippen LogP contribution in [-0.2, 0) is 11.3 Å². The Bertz CT molecular complexity index is 1240. The van der Waals surface area contributed by atoms with E-state index in [2.05, 4.69) is 66.3 Å². The van der Waals surface area contributed by atoms with Crippen LogP contribution in [0.4, 0.5) is 4.39 Å². The molecule has 0 spiro atoms. The number of nitrogens with zero attached hydrogens (tertiary/aromatic N) is 1. The number of hydrogen-bond donors (Lipinski definition) is 1. The van der Waals surface area contributed by atoms with Gasteiger partial charge in [0.2, 0.25) is 5.91 Å². The summed E-state index contributed by atoms with van der Waals surface area (Å²) in [6, 6.07) is 23.5. The van der Waals surface area contributed by atoms with Crippen LogP contribution in [0.5, 0.6) is 0 Å². The van der Waals surface area contributed by atoms with Crippen LogP contribution < -0.4 is 5.32 Å². The zero-order chi connectivity index (χ0) is 23.4. The molecule has 4 rings (SSSR count). The molecule has 0 saturated heterocycles. The minimum absolute atomic E-state index is 0.0613. The fraction of sp³-hybridized carbons (Fsp3) is 0.276. The first-order valence-corrected chi connectivity index (χ1v) is 11.6. The second kappa shape index (κ2) is 10.0. The molecule has 2 atom stereocenters. The number of hydrogen-bond acceptors (Lipinski definition) is 1. The minimum atomic E-state index is -0.233. The van der Waals surface area contributed by atoms with Gasteiger partial charge in [-0.05, 0) is 55.2 Å². The van der Waals surface area contributed by atoms with E-state index in [0.717, 1.165) is 34.0 Å². The number of aryl methyl sites for hydroxylation is 1. The van der Waals surface area contributed by atoms with E-state index in [1.807, 2.05) is 31.2 Å². The van der Waals surface area contributed by atoms with Gasteiger partial charge in [-0.3, -0.25) is 4.79 Å². The van der Waals surface area contributed by atoms with Crippen LogP contribution in [0.1, 0.15) is 54.9 Å². The summed E-state index contributed by atoms with van der Waals surface area (Å²) in [5.74, 6) is -0.233. The van der Waals surface area contributed by atoms with Gasteiger partial charge in [0.05, 0.1) is 0 Å². The fourth-order valence-corrected chi connectivity index (χ4v) is 4.39. The summed E-state index contributed by atoms with van der Waals surface area (Å²) in [5.41, 5.74) is 5.59. The second-order valence-electron chi connectivity index (χ2n) is 8.90. The molecule has 3 nitrogen and oxygen atoms in total. The molecule has 33 heavy (non-hydrogen) atoms. The molecule has 4 aromatic rings. The van der Waals surface area contributed by atoms with E-state index in [0.29, 0.717) is 13.0 Å². The van der Waals surface area contributed by atoms with Gasteiger partial charge < -0.3 is 9.88 Å². The van der Waals surface area contributed by atoms with E-state index < -0.39 is 0 Å². The standard InChI is InChI=1S/C29H31FN2O/c1-4-21(3)31-29(33)17-26(23-9-7-8-20(2)16-23)27-19-32(28-11-6-5-10-25(27)28)18-22-12-14-24(30)15-13-22/h5-16,19,21,26H,4,17-18H2,1-3H3,(H,31,33)/t21-,26+/m0/s1. The Hall–Kier alpha value is -3.40. The maximum atomic E-state index is 13.4. The van der Waals surface area contributed by atoms with Gasteiger partial charge in [-0.1, -0.05) is 67.1 Å². The molecule has 0 aliphatic heterocycles. The number of halogens is 1. The molecule has 0 unspecified atom stereocenters. The van der Waals surface area contributed by atoms with Gasteiger partial charge in [0, 0.05) is 42.0 Å². The van der Waals surface area contributed by atoms with E-state index in [4.69, 9.17) is 0 Å². The number of rotatable bonds is 8. The summed E-state index contributed by atoms with van der Waals surface area (Å²) in [6.45, 7) is 6.83. The molecular formula is C29H31FN2O. The quantitative estimate of drug-likeness (QED) is 0.329. The first-order chi connectivity index (χ1) is 15.9. The summed E-state index contributed by atoms with van der Waals surface area (Å²) in [5, 5.41) is 4.27. The Balaban J connectivity index is 1.77. The molecule has 0 aliphatic rings. The lowest BCUT2D eigenvalue weighted by Gasteiger charge is -2.19. The largest absolute Gasteiger partial charge is 0.354 e. The van der Waals surface area contributed by atoms with Crippen LogP contribution in [0, 0.1) is 12.7 Å². The predicted octanol–water partition coefficient (Wildman–Crippen LogP) is 6.57. The van der Waals surface area contributed by atoms with Crippen molar-refractivity contribution < 1.29 is 9.18 Å². The fourth-order valence-electron chi connectivity index (χ4n) is 4.39. The molecule has 0 bridgehead atoms. The lowest BCUT2D eigenvalue weighted by Crippen LogP contribution is -2.33. The van der Waals surface area contributed by atoms with Crippen molar-refractivity contribution in [3.63, 3.8) is 0 Å². The van der Waals surface area contributed by atoms with Crippen molar-refractivity contribution >= 4 is 16.8 Å². The van der Waals surface area contributed by atoms with Gasteiger partial charge in [-0.15, -0.1) is 0 Å². The number of carbonyl (C=O) groups excluding carboxylic acids is 1. The van der Waals surface area contributed by atoms with Gasteiger partial charge in [-0.25, -0.2) is 4.39 Å². The molecule has 0 radical (unpaired) electrons. The van der Waals surface area contributed by atoms with E-state index >= 15 is 0 Å². The molecule has 0 saturated carbocycles. The highest BCUT2D eigenvalue weighted by Crippen LogP contribution is 2.35. The highest BCUT2D eigenvalue weighted by atomic mass is 19.1. The Morgan fingerprint density at radius 1 is 1.03 bits per heavy atom. The number of amides is 1. The van der Waals surface area contributed by atoms with Crippen LogP contribution in [0.2, 0.25) is 0 Å². The Labute approximate surface area is 195 Å². The highest BCUT2D eigenvalue weighted by Gasteiger charge is 2.23. The first-order valence-electron chi connectivity index (χ1n) is 11.6. The van der Waals surface area contributed by atoms with Crippen LogP contribution in [0.15, 0.2) is 79.0 Å². The average Bonchev–Trinajstić information content (AvgIpc) is 3.17. The molecular weight excluding hydrogens is 411 g/mol. The van der Waals surface area contributed by atoms with Gasteiger partial charge in [0.15, 0.2) is 0 Å². The van der Waals surface area contributed by atoms with Crippen LogP contribution >= 0.6 is 0 Å². The molecule has 0 fully saturated rings. The maximum absolute atomic E-state index is 13.4. The zero-order valence-electron chi connectivity index (χ0n) is 19.5. The van der Waals surface area contributed by atoms with Crippen LogP contribution in [0.25, 0.3) is 10.9 Å². The smallest absolute Gasteiger partial charge is 0.221 e. The average molecular weight is 443 g/mol. The van der Waals surface area contributed by atoms with Crippen LogP contribution in [0.3, 0.4) is 0 Å². The number of carbonyl (C=O) groups is 1.